The molecule has 0 radical (unpaired) electrons. The van der Waals surface area contributed by atoms with Crippen LogP contribution in [0.25, 0.3) is 16.7 Å². The highest BCUT2D eigenvalue weighted by Gasteiger charge is 2.22. The summed E-state index contributed by atoms with van der Waals surface area (Å²) in [6.45, 7) is 2.00. The Bertz CT molecular complexity index is 1900. The Balaban J connectivity index is 1.57. The van der Waals surface area contributed by atoms with Crippen molar-refractivity contribution in [3.8, 4) is 17.5 Å². The van der Waals surface area contributed by atoms with E-state index in [1.54, 1.807) is 34.9 Å². The van der Waals surface area contributed by atoms with Crippen LogP contribution in [0.4, 0.5) is 0 Å². The van der Waals surface area contributed by atoms with E-state index in [1.807, 2.05) is 17.7 Å². The number of pyridine rings is 2. The molecular formula is C27H19N5O4S2. The highest BCUT2D eigenvalue weighted by molar-refractivity contribution is 7.90. The lowest BCUT2D eigenvalue weighted by Gasteiger charge is -2.13. The molecule has 38 heavy (non-hydrogen) atoms. The number of sulfonamides is 1. The van der Waals surface area contributed by atoms with E-state index in [4.69, 9.17) is 0 Å². The largest absolute Gasteiger partial charge is 0.300 e. The van der Waals surface area contributed by atoms with Gasteiger partial charge in [-0.3, -0.25) is 9.59 Å². The number of aryl methyl sites for hydroxylation is 1. The fourth-order valence-corrected chi connectivity index (χ4v) is 5.28. The van der Waals surface area contributed by atoms with Crippen LogP contribution in [-0.2, 0) is 16.4 Å². The molecule has 1 N–H and O–H groups in total. The van der Waals surface area contributed by atoms with E-state index in [0.29, 0.717) is 21.9 Å². The molecule has 1 amide bonds. The Morgan fingerprint density at radius 3 is 2.61 bits per heavy atom. The molecule has 3 heterocycles. The van der Waals surface area contributed by atoms with Crippen LogP contribution in [-0.4, -0.2) is 34.1 Å². The maximum absolute atomic E-state index is 13.2. The Morgan fingerprint density at radius 2 is 1.84 bits per heavy atom. The summed E-state index contributed by atoms with van der Waals surface area (Å²) >= 11 is 1.42. The van der Waals surface area contributed by atoms with Crippen molar-refractivity contribution >= 4 is 38.3 Å². The van der Waals surface area contributed by atoms with Crippen molar-refractivity contribution in [2.45, 2.75) is 18.2 Å². The maximum Gasteiger partial charge on any atom is 0.270 e. The second-order valence-corrected chi connectivity index (χ2v) is 10.8. The molecule has 0 fully saturated rings. The van der Waals surface area contributed by atoms with Crippen LogP contribution in [0.1, 0.15) is 32.9 Å². The Hall–Kier alpha value is -4.66. The predicted octanol–water partition coefficient (Wildman–Crippen LogP) is 3.32. The van der Waals surface area contributed by atoms with Crippen molar-refractivity contribution in [2.24, 2.45) is 0 Å². The number of aromatic nitrogens is 4. The highest BCUT2D eigenvalue weighted by Crippen LogP contribution is 2.18. The average Bonchev–Trinajstić information content (AvgIpc) is 3.41. The molecule has 0 aliphatic carbocycles. The van der Waals surface area contributed by atoms with Crippen LogP contribution >= 0.6 is 11.3 Å². The minimum atomic E-state index is -4.19. The number of fused-ring (bicyclic) bond motifs is 1. The van der Waals surface area contributed by atoms with Crippen LogP contribution in [0.5, 0.6) is 0 Å². The van der Waals surface area contributed by atoms with Gasteiger partial charge in [0, 0.05) is 23.6 Å². The topological polar surface area (TPSA) is 124 Å². The van der Waals surface area contributed by atoms with Gasteiger partial charge in [-0.25, -0.2) is 18.1 Å². The van der Waals surface area contributed by atoms with E-state index in [-0.39, 0.29) is 15.8 Å². The molecule has 5 rings (SSSR count). The average molecular weight is 542 g/mol. The normalized spacial score (nSPS) is 11.1. The molecule has 9 nitrogen and oxygen atoms in total. The number of carbonyl (C=O) groups is 1. The molecule has 3 aromatic heterocycles. The van der Waals surface area contributed by atoms with Gasteiger partial charge in [-0.15, -0.1) is 10.2 Å². The maximum atomic E-state index is 13.2. The van der Waals surface area contributed by atoms with Crippen LogP contribution in [0, 0.1) is 11.8 Å². The summed E-state index contributed by atoms with van der Waals surface area (Å²) in [4.78, 5) is 30.5. The third-order valence-electron chi connectivity index (χ3n) is 5.49. The van der Waals surface area contributed by atoms with Crippen molar-refractivity contribution in [2.75, 3.05) is 0 Å². The van der Waals surface area contributed by atoms with Gasteiger partial charge in [-0.2, -0.15) is 0 Å². The summed E-state index contributed by atoms with van der Waals surface area (Å²) in [5.74, 6) is 5.02. The summed E-state index contributed by atoms with van der Waals surface area (Å²) in [7, 11) is -4.19. The van der Waals surface area contributed by atoms with Crippen LogP contribution < -0.4 is 10.2 Å². The molecular weight excluding hydrogens is 522 g/mol. The van der Waals surface area contributed by atoms with Gasteiger partial charge in [0.15, 0.2) is 5.01 Å². The lowest BCUT2D eigenvalue weighted by atomic mass is 10.1. The molecule has 2 aromatic carbocycles. The molecule has 11 heteroatoms. The molecule has 0 unspecified atom stereocenters. The molecule has 0 bridgehead atoms. The Labute approximate surface area is 221 Å². The van der Waals surface area contributed by atoms with Crippen molar-refractivity contribution < 1.29 is 13.2 Å². The smallest absolute Gasteiger partial charge is 0.270 e. The van der Waals surface area contributed by atoms with Gasteiger partial charge >= 0.3 is 0 Å². The van der Waals surface area contributed by atoms with Gasteiger partial charge in [0.25, 0.3) is 15.9 Å². The number of benzene rings is 2. The van der Waals surface area contributed by atoms with E-state index in [2.05, 4.69) is 27.0 Å². The van der Waals surface area contributed by atoms with Gasteiger partial charge in [0.1, 0.15) is 16.2 Å². The fourth-order valence-electron chi connectivity index (χ4n) is 3.66. The van der Waals surface area contributed by atoms with Crippen molar-refractivity contribution in [1.29, 1.82) is 0 Å². The lowest BCUT2D eigenvalue weighted by molar-refractivity contribution is 0.0980. The molecule has 0 atom stereocenters. The van der Waals surface area contributed by atoms with Gasteiger partial charge < -0.3 is 4.57 Å². The first-order valence-corrected chi connectivity index (χ1v) is 13.7. The zero-order valence-corrected chi connectivity index (χ0v) is 21.6. The standard InChI is InChI=1S/C27H19N5O4S2/c1-2-23-29-30-24(37-23)14-13-18-8-6-9-19(16-18)32-17-22(25(33)21-12-7-15-28-26(21)32)27(34)31-38(35,36)20-10-4-3-5-11-20/h3-12,15-17H,2H2,1H3,(H,31,34). The molecule has 0 saturated heterocycles. The van der Waals surface area contributed by atoms with Gasteiger partial charge in [-0.05, 0) is 54.8 Å². The second kappa shape index (κ2) is 10.4. The number of carbonyl (C=O) groups excluding carboxylic acids is 1. The number of amides is 1. The molecule has 0 saturated carbocycles. The second-order valence-electron chi connectivity index (χ2n) is 8.02. The summed E-state index contributed by atoms with van der Waals surface area (Å²) in [6.07, 6.45) is 3.60. The first-order chi connectivity index (χ1) is 18.4. The molecule has 5 aromatic rings. The SMILES string of the molecule is CCc1nnc(C#Cc2cccc(-n3cc(C(=O)NS(=O)(=O)c4ccccc4)c(=O)c4cccnc43)c2)s1. The quantitative estimate of drug-likeness (QED) is 0.339. The van der Waals surface area contributed by atoms with E-state index in [1.165, 1.54) is 54.1 Å². The summed E-state index contributed by atoms with van der Waals surface area (Å²) in [5, 5.41) is 9.79. The zero-order chi connectivity index (χ0) is 26.7. The third-order valence-corrected chi connectivity index (χ3v) is 7.82. The lowest BCUT2D eigenvalue weighted by Crippen LogP contribution is -2.34. The molecule has 0 spiro atoms. The van der Waals surface area contributed by atoms with Crippen LogP contribution in [0.15, 0.2) is 88.8 Å². The monoisotopic (exact) mass is 541 g/mol. The highest BCUT2D eigenvalue weighted by atomic mass is 32.2. The summed E-state index contributed by atoms with van der Waals surface area (Å²) < 4.78 is 29.0. The number of nitrogens with zero attached hydrogens (tertiary/aromatic N) is 4. The number of hydrogen-bond donors (Lipinski definition) is 1. The Kier molecular flexibility index (Phi) is 6.83. The molecule has 0 aliphatic heterocycles. The molecule has 0 aliphatic rings. The number of hydrogen-bond acceptors (Lipinski definition) is 8. The van der Waals surface area contributed by atoms with Crippen LogP contribution in [0.3, 0.4) is 0 Å². The van der Waals surface area contributed by atoms with Crippen molar-refractivity contribution in [1.82, 2.24) is 24.5 Å². The summed E-state index contributed by atoms with van der Waals surface area (Å²) in [5.41, 5.74) is 0.566. The van der Waals surface area contributed by atoms with Crippen LogP contribution in [0.2, 0.25) is 0 Å². The fraction of sp³-hybridized carbons (Fsp3) is 0.0741. The van der Waals surface area contributed by atoms with E-state index in [9.17, 15) is 18.0 Å². The van der Waals surface area contributed by atoms with E-state index < -0.39 is 21.4 Å². The minimum absolute atomic E-state index is 0.0936. The molecule has 188 valence electrons. The first-order valence-electron chi connectivity index (χ1n) is 11.4. The number of rotatable bonds is 5. The third kappa shape index (κ3) is 5.08. The summed E-state index contributed by atoms with van der Waals surface area (Å²) in [6, 6.07) is 17.7. The van der Waals surface area contributed by atoms with E-state index in [0.717, 1.165) is 11.4 Å². The number of nitrogens with one attached hydrogen (secondary N) is 1. The first kappa shape index (κ1) is 25.0. The Morgan fingerprint density at radius 1 is 1.03 bits per heavy atom. The van der Waals surface area contributed by atoms with Gasteiger partial charge in [-0.1, -0.05) is 48.4 Å². The predicted molar refractivity (Wildman–Crippen MR) is 144 cm³/mol. The van der Waals surface area contributed by atoms with Crippen molar-refractivity contribution in [3.05, 3.63) is 110 Å². The van der Waals surface area contributed by atoms with Crippen molar-refractivity contribution in [3.63, 3.8) is 0 Å². The minimum Gasteiger partial charge on any atom is -0.300 e. The van der Waals surface area contributed by atoms with Gasteiger partial charge in [0.2, 0.25) is 5.43 Å². The van der Waals surface area contributed by atoms with E-state index >= 15 is 0 Å². The zero-order valence-electron chi connectivity index (χ0n) is 20.0. The van der Waals surface area contributed by atoms with Gasteiger partial charge in [0.05, 0.1) is 10.3 Å².